The van der Waals surface area contributed by atoms with Crippen LogP contribution in [0.3, 0.4) is 0 Å². The summed E-state index contributed by atoms with van der Waals surface area (Å²) in [7, 11) is 3.32. The Kier molecular flexibility index (Phi) is 5.87. The van der Waals surface area contributed by atoms with Gasteiger partial charge in [-0.25, -0.2) is 9.59 Å². The number of ether oxygens (including phenoxy) is 3. The predicted octanol–water partition coefficient (Wildman–Crippen LogP) is 3.37. The lowest BCUT2D eigenvalue weighted by molar-refractivity contribution is -0.958. The Hall–Kier alpha value is -3.06. The molecule has 0 aliphatic carbocycles. The summed E-state index contributed by atoms with van der Waals surface area (Å²) in [6, 6.07) is 11.8. The van der Waals surface area contributed by atoms with Gasteiger partial charge in [-0.3, -0.25) is 0 Å². The number of nitrogens with zero attached hydrogens (tertiary/aromatic N) is 1. The lowest BCUT2D eigenvalue weighted by Crippen LogP contribution is -2.63. The van der Waals surface area contributed by atoms with Crippen LogP contribution >= 0.6 is 0 Å². The number of piperidine rings is 3. The molecule has 1 unspecified atom stereocenters. The van der Waals surface area contributed by atoms with Crippen LogP contribution in [0.15, 0.2) is 42.5 Å². The lowest BCUT2D eigenvalue weighted by atomic mass is 9.82. The van der Waals surface area contributed by atoms with E-state index in [4.69, 9.17) is 14.2 Å². The van der Waals surface area contributed by atoms with E-state index >= 15 is 0 Å². The summed E-state index contributed by atoms with van der Waals surface area (Å²) in [5, 5.41) is 9.18. The zero-order chi connectivity index (χ0) is 22.0. The van der Waals surface area contributed by atoms with Gasteiger partial charge >= 0.3 is 11.9 Å². The molecule has 7 heteroatoms. The number of carbonyl (C=O) groups excluding carboxylic acids is 1. The van der Waals surface area contributed by atoms with Gasteiger partial charge in [0.05, 0.1) is 44.0 Å². The molecular weight excluding hydrogens is 398 g/mol. The fourth-order valence-corrected chi connectivity index (χ4v) is 4.93. The van der Waals surface area contributed by atoms with E-state index in [2.05, 4.69) is 0 Å². The minimum Gasteiger partial charge on any atom is -0.497 e. The first-order valence-corrected chi connectivity index (χ1v) is 10.5. The lowest BCUT2D eigenvalue weighted by Gasteiger charge is -2.52. The van der Waals surface area contributed by atoms with Crippen molar-refractivity contribution in [3.05, 3.63) is 59.2 Å². The maximum Gasteiger partial charge on any atom is 0.338 e. The van der Waals surface area contributed by atoms with Gasteiger partial charge in [0.25, 0.3) is 0 Å². The third-order valence-electron chi connectivity index (χ3n) is 6.64. The summed E-state index contributed by atoms with van der Waals surface area (Å²) in [5.74, 6) is 0.453. The first-order valence-electron chi connectivity index (χ1n) is 10.5. The Morgan fingerprint density at radius 2 is 1.77 bits per heavy atom. The molecule has 5 rings (SSSR count). The van der Waals surface area contributed by atoms with Crippen LogP contribution in [0.5, 0.6) is 11.5 Å². The van der Waals surface area contributed by atoms with Gasteiger partial charge < -0.3 is 23.8 Å². The van der Waals surface area contributed by atoms with E-state index in [1.165, 1.54) is 12.1 Å². The molecule has 1 atom stereocenters. The number of carboxylic acids is 1. The van der Waals surface area contributed by atoms with Gasteiger partial charge in [-0.2, -0.15) is 0 Å². The summed E-state index contributed by atoms with van der Waals surface area (Å²) in [6.07, 6.45) is 1.82. The van der Waals surface area contributed by atoms with Crippen molar-refractivity contribution in [2.24, 2.45) is 5.92 Å². The topological polar surface area (TPSA) is 82.1 Å². The van der Waals surface area contributed by atoms with Crippen LogP contribution < -0.4 is 9.47 Å². The van der Waals surface area contributed by atoms with Crippen molar-refractivity contribution in [1.82, 2.24) is 0 Å². The van der Waals surface area contributed by atoms with Crippen LogP contribution in [0.25, 0.3) is 0 Å². The van der Waals surface area contributed by atoms with Crippen molar-refractivity contribution in [2.75, 3.05) is 33.9 Å². The van der Waals surface area contributed by atoms with Gasteiger partial charge in [-0.15, -0.1) is 0 Å². The first-order chi connectivity index (χ1) is 14.9. The number of esters is 1. The zero-order valence-corrected chi connectivity index (χ0v) is 17.9. The second-order valence-electron chi connectivity index (χ2n) is 8.47. The number of rotatable bonds is 7. The molecule has 3 heterocycles. The number of hydrogen-bond donors (Lipinski definition) is 1. The number of aromatic carboxylic acids is 1. The van der Waals surface area contributed by atoms with E-state index in [9.17, 15) is 14.7 Å². The summed E-state index contributed by atoms with van der Waals surface area (Å²) >= 11 is 0. The number of fused-ring (bicyclic) bond motifs is 3. The Balaban J connectivity index is 1.51. The molecule has 0 spiro atoms. The molecule has 3 fully saturated rings. The van der Waals surface area contributed by atoms with E-state index in [-0.39, 0.29) is 17.2 Å². The van der Waals surface area contributed by atoms with Gasteiger partial charge in [-0.1, -0.05) is 6.07 Å². The molecule has 3 saturated heterocycles. The van der Waals surface area contributed by atoms with Gasteiger partial charge in [-0.05, 0) is 36.4 Å². The standard InChI is InChI=1S/C24H27NO6/c1-29-20-6-7-21(30-2)19(13-20)14-25-10-8-16(9-11-25)22(15-25)31-24(28)18-5-3-4-17(12-18)23(26)27/h3-7,12-13,16,22H,8-11,14-15H2,1-2H3/p+1. The molecule has 2 aromatic rings. The van der Waals surface area contributed by atoms with Crippen molar-refractivity contribution in [3.8, 4) is 11.5 Å². The summed E-state index contributed by atoms with van der Waals surface area (Å²) in [4.78, 5) is 24.0. The van der Waals surface area contributed by atoms with E-state index in [0.29, 0.717) is 5.92 Å². The van der Waals surface area contributed by atoms with Crippen LogP contribution in [0.2, 0.25) is 0 Å². The summed E-state index contributed by atoms with van der Waals surface area (Å²) < 4.78 is 17.7. The predicted molar refractivity (Wildman–Crippen MR) is 113 cm³/mol. The Labute approximate surface area is 181 Å². The number of hydrogen-bond acceptors (Lipinski definition) is 5. The third kappa shape index (κ3) is 4.37. The van der Waals surface area contributed by atoms with E-state index < -0.39 is 11.9 Å². The quantitative estimate of drug-likeness (QED) is 0.540. The second kappa shape index (κ2) is 8.59. The second-order valence-corrected chi connectivity index (χ2v) is 8.47. The molecule has 2 bridgehead atoms. The minimum absolute atomic E-state index is 0.0805. The minimum atomic E-state index is -1.06. The molecule has 31 heavy (non-hydrogen) atoms. The molecule has 0 amide bonds. The Morgan fingerprint density at radius 3 is 2.45 bits per heavy atom. The summed E-state index contributed by atoms with van der Waals surface area (Å²) in [5.41, 5.74) is 1.44. The van der Waals surface area contributed by atoms with Crippen LogP contribution in [-0.4, -0.2) is 61.5 Å². The van der Waals surface area contributed by atoms with Crippen molar-refractivity contribution in [2.45, 2.75) is 25.5 Å². The zero-order valence-electron chi connectivity index (χ0n) is 17.9. The number of quaternary nitrogens is 1. The Morgan fingerprint density at radius 1 is 1.03 bits per heavy atom. The highest BCUT2D eigenvalue weighted by Crippen LogP contribution is 2.39. The van der Waals surface area contributed by atoms with E-state index in [0.717, 1.165) is 60.6 Å². The fraction of sp³-hybridized carbons (Fsp3) is 0.417. The number of methoxy groups -OCH3 is 2. The van der Waals surface area contributed by atoms with Crippen molar-refractivity contribution >= 4 is 11.9 Å². The largest absolute Gasteiger partial charge is 0.497 e. The van der Waals surface area contributed by atoms with Crippen LogP contribution in [-0.2, 0) is 11.3 Å². The highest BCUT2D eigenvalue weighted by Gasteiger charge is 2.48. The monoisotopic (exact) mass is 426 g/mol. The van der Waals surface area contributed by atoms with Gasteiger partial charge in [0.2, 0.25) is 0 Å². The fourth-order valence-electron chi connectivity index (χ4n) is 4.93. The van der Waals surface area contributed by atoms with E-state index in [1.54, 1.807) is 26.4 Å². The molecule has 0 aromatic heterocycles. The normalized spacial score (nSPS) is 24.5. The molecule has 2 aromatic carbocycles. The van der Waals surface area contributed by atoms with Gasteiger partial charge in [0, 0.05) is 18.8 Å². The van der Waals surface area contributed by atoms with Crippen molar-refractivity contribution in [3.63, 3.8) is 0 Å². The first kappa shape index (κ1) is 21.2. The molecule has 7 nitrogen and oxygen atoms in total. The molecule has 3 aliphatic heterocycles. The molecule has 0 saturated carbocycles. The average Bonchev–Trinajstić information content (AvgIpc) is 2.79. The third-order valence-corrected chi connectivity index (χ3v) is 6.64. The molecule has 0 radical (unpaired) electrons. The van der Waals surface area contributed by atoms with E-state index in [1.807, 2.05) is 18.2 Å². The number of benzene rings is 2. The van der Waals surface area contributed by atoms with Crippen LogP contribution in [0, 0.1) is 5.92 Å². The maximum absolute atomic E-state index is 12.8. The van der Waals surface area contributed by atoms with Gasteiger partial charge in [0.15, 0.2) is 6.10 Å². The molecule has 3 aliphatic rings. The summed E-state index contributed by atoms with van der Waals surface area (Å²) in [6.45, 7) is 3.60. The maximum atomic E-state index is 12.8. The SMILES string of the molecule is COc1ccc(OC)c(C[N+]23CCC(CC2)C(OC(=O)c2cccc(C(=O)O)c2)C3)c1. The molecular formula is C24H28NO6+. The van der Waals surface area contributed by atoms with Gasteiger partial charge in [0.1, 0.15) is 24.6 Å². The highest BCUT2D eigenvalue weighted by atomic mass is 16.5. The number of carboxylic acid groups (broad SMARTS) is 1. The van der Waals surface area contributed by atoms with Crippen LogP contribution in [0.1, 0.15) is 39.1 Å². The van der Waals surface area contributed by atoms with Crippen molar-refractivity contribution in [1.29, 1.82) is 0 Å². The van der Waals surface area contributed by atoms with Crippen molar-refractivity contribution < 1.29 is 33.4 Å². The smallest absolute Gasteiger partial charge is 0.338 e. The highest BCUT2D eigenvalue weighted by molar-refractivity contribution is 5.94. The average molecular weight is 426 g/mol. The molecule has 1 N–H and O–H groups in total. The Bertz CT molecular complexity index is 980. The van der Waals surface area contributed by atoms with Crippen LogP contribution in [0.4, 0.5) is 0 Å². The molecule has 164 valence electrons. The number of carbonyl (C=O) groups is 2.